The van der Waals surface area contributed by atoms with E-state index in [2.05, 4.69) is 79.1 Å². The number of esters is 2. The third kappa shape index (κ3) is 40.4. The largest absolute Gasteiger partial charge is 0.469 e. The number of ether oxygens (including phenoxy) is 2. The van der Waals surface area contributed by atoms with Crippen LogP contribution in [-0.2, 0) is 28.2 Å². The predicted octanol–water partition coefficient (Wildman–Crippen LogP) is 12.1. The molecule has 0 amide bonds. The zero-order valence-electron chi connectivity index (χ0n) is 32.2. The molecule has 51 heavy (non-hydrogen) atoms. The van der Waals surface area contributed by atoms with Crippen LogP contribution in [0.2, 0.25) is 0 Å². The Balaban J connectivity index is 4.01. The molecule has 1 unspecified atom stereocenters. The van der Waals surface area contributed by atoms with Crippen LogP contribution in [0, 0.1) is 0 Å². The molecule has 0 aliphatic rings. The van der Waals surface area contributed by atoms with Crippen molar-refractivity contribution in [1.29, 1.82) is 0 Å². The maximum Gasteiger partial charge on any atom is 0.469 e. The van der Waals surface area contributed by atoms with Gasteiger partial charge < -0.3 is 19.3 Å². The first-order valence-corrected chi connectivity index (χ1v) is 21.6. The van der Waals surface area contributed by atoms with Crippen molar-refractivity contribution in [3.05, 3.63) is 60.8 Å². The lowest BCUT2D eigenvalue weighted by Gasteiger charge is -2.18. The molecule has 1 atom stereocenters. The van der Waals surface area contributed by atoms with E-state index in [1.165, 1.54) is 51.4 Å². The quantitative estimate of drug-likeness (QED) is 0.0282. The minimum Gasteiger partial charge on any atom is -0.462 e. The molecular weight excluding hydrogens is 663 g/mol. The van der Waals surface area contributed by atoms with Crippen LogP contribution < -0.4 is 0 Å². The van der Waals surface area contributed by atoms with Gasteiger partial charge in [0.1, 0.15) is 6.61 Å². The van der Waals surface area contributed by atoms with Crippen LogP contribution in [0.15, 0.2) is 60.8 Å². The van der Waals surface area contributed by atoms with Crippen LogP contribution in [0.5, 0.6) is 0 Å². The molecule has 8 nitrogen and oxygen atoms in total. The molecule has 0 aromatic heterocycles. The molecule has 0 fully saturated rings. The number of rotatable bonds is 36. The number of carbonyl (C=O) groups excluding carboxylic acids is 2. The first kappa shape index (κ1) is 48.8. The zero-order valence-corrected chi connectivity index (χ0v) is 33.1. The highest BCUT2D eigenvalue weighted by Gasteiger charge is 2.22. The Labute approximate surface area is 311 Å². The van der Waals surface area contributed by atoms with E-state index >= 15 is 0 Å². The Morgan fingerprint density at radius 2 is 0.941 bits per heavy atom. The van der Waals surface area contributed by atoms with Crippen molar-refractivity contribution in [2.24, 2.45) is 0 Å². The molecule has 0 saturated heterocycles. The second kappa shape index (κ2) is 37.5. The predicted molar refractivity (Wildman–Crippen MR) is 211 cm³/mol. The molecular formula is C42H73O8P. The van der Waals surface area contributed by atoms with Gasteiger partial charge >= 0.3 is 19.8 Å². The van der Waals surface area contributed by atoms with Crippen molar-refractivity contribution in [3.8, 4) is 0 Å². The number of phosphoric acid groups is 1. The van der Waals surface area contributed by atoms with Crippen LogP contribution >= 0.6 is 7.82 Å². The lowest BCUT2D eigenvalue weighted by Crippen LogP contribution is -2.29. The summed E-state index contributed by atoms with van der Waals surface area (Å²) in [4.78, 5) is 42.8. The zero-order chi connectivity index (χ0) is 37.5. The number of carbonyl (C=O) groups is 2. The molecule has 0 aliphatic heterocycles. The summed E-state index contributed by atoms with van der Waals surface area (Å²) in [5.74, 6) is -0.925. The molecule has 0 heterocycles. The van der Waals surface area contributed by atoms with E-state index in [4.69, 9.17) is 19.3 Å². The molecule has 0 bridgehead atoms. The van der Waals surface area contributed by atoms with Crippen molar-refractivity contribution in [2.45, 2.75) is 180 Å². The van der Waals surface area contributed by atoms with E-state index in [0.29, 0.717) is 12.8 Å². The molecule has 0 rings (SSSR count). The van der Waals surface area contributed by atoms with E-state index in [9.17, 15) is 14.2 Å². The van der Waals surface area contributed by atoms with Gasteiger partial charge in [-0.15, -0.1) is 0 Å². The highest BCUT2D eigenvalue weighted by molar-refractivity contribution is 7.46. The Morgan fingerprint density at radius 3 is 1.43 bits per heavy atom. The average Bonchev–Trinajstić information content (AvgIpc) is 3.10. The maximum atomic E-state index is 12.4. The highest BCUT2D eigenvalue weighted by atomic mass is 31.2. The van der Waals surface area contributed by atoms with E-state index < -0.39 is 32.5 Å². The van der Waals surface area contributed by atoms with Crippen LogP contribution in [0.3, 0.4) is 0 Å². The maximum absolute atomic E-state index is 12.4. The SMILES string of the molecule is CC/C=C\C/C=C\C/C=C\C/C=C\CCCCCCC(=O)OC(COC(=O)CCCCCCC/C=C\CCCCCCCCC)COP(=O)(O)O. The first-order valence-electron chi connectivity index (χ1n) is 20.1. The molecule has 2 N–H and O–H groups in total. The topological polar surface area (TPSA) is 119 Å². The van der Waals surface area contributed by atoms with Gasteiger partial charge in [-0.05, 0) is 77.0 Å². The summed E-state index contributed by atoms with van der Waals surface area (Å²) in [5.41, 5.74) is 0. The lowest BCUT2D eigenvalue weighted by atomic mass is 10.1. The van der Waals surface area contributed by atoms with Gasteiger partial charge in [0.2, 0.25) is 0 Å². The summed E-state index contributed by atoms with van der Waals surface area (Å²) in [7, 11) is -4.76. The number of allylic oxidation sites excluding steroid dienone is 10. The fraction of sp³-hybridized carbons (Fsp3) is 0.714. The number of unbranched alkanes of at least 4 members (excludes halogenated alkanes) is 16. The van der Waals surface area contributed by atoms with Gasteiger partial charge in [-0.1, -0.05) is 145 Å². The minimum atomic E-state index is -4.76. The van der Waals surface area contributed by atoms with E-state index in [1.807, 2.05) is 0 Å². The molecule has 0 aromatic rings. The van der Waals surface area contributed by atoms with E-state index in [1.54, 1.807) is 0 Å². The molecule has 0 spiro atoms. The highest BCUT2D eigenvalue weighted by Crippen LogP contribution is 2.36. The summed E-state index contributed by atoms with van der Waals surface area (Å²) < 4.78 is 26.3. The van der Waals surface area contributed by atoms with Gasteiger partial charge in [0.05, 0.1) is 6.61 Å². The summed E-state index contributed by atoms with van der Waals surface area (Å²) in [5, 5.41) is 0. The van der Waals surface area contributed by atoms with Crippen LogP contribution in [-0.4, -0.2) is 41.0 Å². The molecule has 0 aliphatic carbocycles. The fourth-order valence-corrected chi connectivity index (χ4v) is 5.66. The normalized spacial score (nSPS) is 13.1. The summed E-state index contributed by atoms with van der Waals surface area (Å²) in [6.45, 7) is 3.53. The summed E-state index contributed by atoms with van der Waals surface area (Å²) in [6.07, 6.45) is 46.5. The standard InChI is InChI=1S/C42H73O8P/c1-3-5-7-9-11-13-15-17-19-21-23-25-27-29-31-33-35-37-42(44)50-40(39-49-51(45,46)47)38-48-41(43)36-34-32-30-28-26-24-22-20-18-16-14-12-10-8-6-4-2/h5,7,11,13,17,19-20,22-23,25,40H,3-4,6,8-10,12,14-16,18,21,24,26-39H2,1-2H3,(H2,45,46,47)/b7-5-,13-11-,19-17-,22-20-,25-23-. The van der Waals surface area contributed by atoms with Gasteiger partial charge in [0.15, 0.2) is 6.10 Å². The average molecular weight is 737 g/mol. The fourth-order valence-electron chi connectivity index (χ4n) is 5.30. The number of hydrogen-bond donors (Lipinski definition) is 2. The first-order chi connectivity index (χ1) is 24.8. The Kier molecular flexibility index (Phi) is 35.9. The molecule has 0 saturated carbocycles. The van der Waals surface area contributed by atoms with Gasteiger partial charge in [-0.25, -0.2) is 4.57 Å². The minimum absolute atomic E-state index is 0.180. The number of phosphoric ester groups is 1. The second-order valence-corrected chi connectivity index (χ2v) is 14.5. The van der Waals surface area contributed by atoms with Crippen LogP contribution in [0.4, 0.5) is 0 Å². The van der Waals surface area contributed by atoms with Gasteiger partial charge in [-0.3, -0.25) is 14.1 Å². The Bertz CT molecular complexity index is 1010. The van der Waals surface area contributed by atoms with E-state index in [0.717, 1.165) is 83.5 Å². The van der Waals surface area contributed by atoms with Crippen molar-refractivity contribution >= 4 is 19.8 Å². The van der Waals surface area contributed by atoms with Gasteiger partial charge in [0.25, 0.3) is 0 Å². The summed E-state index contributed by atoms with van der Waals surface area (Å²) in [6, 6.07) is 0. The van der Waals surface area contributed by atoms with Crippen molar-refractivity contribution < 1.29 is 37.9 Å². The number of hydrogen-bond acceptors (Lipinski definition) is 6. The third-order valence-electron chi connectivity index (χ3n) is 8.27. The van der Waals surface area contributed by atoms with Crippen LogP contribution in [0.25, 0.3) is 0 Å². The Morgan fingerprint density at radius 1 is 0.529 bits per heavy atom. The van der Waals surface area contributed by atoms with Crippen molar-refractivity contribution in [2.75, 3.05) is 13.2 Å². The van der Waals surface area contributed by atoms with Gasteiger partial charge in [0, 0.05) is 12.8 Å². The van der Waals surface area contributed by atoms with Gasteiger partial charge in [-0.2, -0.15) is 0 Å². The lowest BCUT2D eigenvalue weighted by molar-refractivity contribution is -0.161. The molecule has 0 aromatic carbocycles. The Hall–Kier alpha value is -2.25. The third-order valence-corrected chi connectivity index (χ3v) is 8.76. The molecule has 294 valence electrons. The monoisotopic (exact) mass is 737 g/mol. The molecule has 0 radical (unpaired) electrons. The second-order valence-electron chi connectivity index (χ2n) is 13.2. The van der Waals surface area contributed by atoms with Crippen LogP contribution in [0.1, 0.15) is 174 Å². The van der Waals surface area contributed by atoms with Crippen molar-refractivity contribution in [3.63, 3.8) is 0 Å². The van der Waals surface area contributed by atoms with E-state index in [-0.39, 0.29) is 19.4 Å². The van der Waals surface area contributed by atoms with Crippen molar-refractivity contribution in [1.82, 2.24) is 0 Å². The molecule has 9 heteroatoms. The smallest absolute Gasteiger partial charge is 0.462 e. The summed E-state index contributed by atoms with van der Waals surface area (Å²) >= 11 is 0.